The lowest BCUT2D eigenvalue weighted by Gasteiger charge is -2.09. The number of hydrogen-bond acceptors (Lipinski definition) is 3. The SMILES string of the molecule is NS(=O)(=O)c1cccc(NCc2cc(Br)ccc2F)c1. The summed E-state index contributed by atoms with van der Waals surface area (Å²) >= 11 is 3.27. The number of halogens is 2. The Morgan fingerprint density at radius 1 is 1.20 bits per heavy atom. The van der Waals surface area contributed by atoms with Crippen LogP contribution in [0.3, 0.4) is 0 Å². The largest absolute Gasteiger partial charge is 0.381 e. The molecule has 3 N–H and O–H groups in total. The van der Waals surface area contributed by atoms with Crippen LogP contribution in [-0.4, -0.2) is 8.42 Å². The highest BCUT2D eigenvalue weighted by Gasteiger charge is 2.08. The van der Waals surface area contributed by atoms with Gasteiger partial charge in [-0.15, -0.1) is 0 Å². The van der Waals surface area contributed by atoms with Crippen molar-refractivity contribution in [2.24, 2.45) is 5.14 Å². The Morgan fingerprint density at radius 3 is 2.65 bits per heavy atom. The first-order chi connectivity index (χ1) is 9.36. The van der Waals surface area contributed by atoms with Gasteiger partial charge in [-0.1, -0.05) is 22.0 Å². The van der Waals surface area contributed by atoms with Gasteiger partial charge >= 0.3 is 0 Å². The predicted molar refractivity (Wildman–Crippen MR) is 79.2 cm³/mol. The van der Waals surface area contributed by atoms with Gasteiger partial charge in [0, 0.05) is 22.3 Å². The number of sulfonamides is 1. The second kappa shape index (κ2) is 5.90. The van der Waals surface area contributed by atoms with Gasteiger partial charge in [-0.05, 0) is 36.4 Å². The Kier molecular flexibility index (Phi) is 4.42. The molecule has 0 amide bonds. The van der Waals surface area contributed by atoms with Crippen molar-refractivity contribution in [1.29, 1.82) is 0 Å². The summed E-state index contributed by atoms with van der Waals surface area (Å²) in [5.74, 6) is -0.330. The topological polar surface area (TPSA) is 72.2 Å². The van der Waals surface area contributed by atoms with Gasteiger partial charge in [0.05, 0.1) is 4.90 Å². The van der Waals surface area contributed by atoms with Crippen LogP contribution in [0.5, 0.6) is 0 Å². The van der Waals surface area contributed by atoms with E-state index in [0.29, 0.717) is 11.3 Å². The summed E-state index contributed by atoms with van der Waals surface area (Å²) in [5.41, 5.74) is 1.02. The van der Waals surface area contributed by atoms with E-state index in [0.717, 1.165) is 4.47 Å². The van der Waals surface area contributed by atoms with Crippen molar-refractivity contribution in [2.75, 3.05) is 5.32 Å². The maximum absolute atomic E-state index is 13.6. The minimum atomic E-state index is -3.74. The summed E-state index contributed by atoms with van der Waals surface area (Å²) < 4.78 is 36.8. The highest BCUT2D eigenvalue weighted by Crippen LogP contribution is 2.18. The van der Waals surface area contributed by atoms with Gasteiger partial charge in [-0.2, -0.15) is 0 Å². The van der Waals surface area contributed by atoms with E-state index in [1.165, 1.54) is 18.2 Å². The number of nitrogens with two attached hydrogens (primary N) is 1. The first kappa shape index (κ1) is 15.0. The zero-order chi connectivity index (χ0) is 14.8. The fourth-order valence-electron chi connectivity index (χ4n) is 1.66. The third kappa shape index (κ3) is 3.78. The van der Waals surface area contributed by atoms with Crippen LogP contribution < -0.4 is 10.5 Å². The summed E-state index contributed by atoms with van der Waals surface area (Å²) in [6.45, 7) is 0.235. The smallest absolute Gasteiger partial charge is 0.238 e. The van der Waals surface area contributed by atoms with E-state index in [-0.39, 0.29) is 17.3 Å². The van der Waals surface area contributed by atoms with Crippen molar-refractivity contribution in [3.8, 4) is 0 Å². The average molecular weight is 359 g/mol. The Hall–Kier alpha value is -1.44. The number of anilines is 1. The van der Waals surface area contributed by atoms with Gasteiger partial charge < -0.3 is 5.32 Å². The van der Waals surface area contributed by atoms with Crippen LogP contribution in [-0.2, 0) is 16.6 Å². The average Bonchev–Trinajstić information content (AvgIpc) is 2.39. The molecule has 2 aromatic rings. The van der Waals surface area contributed by atoms with E-state index in [1.54, 1.807) is 24.3 Å². The summed E-state index contributed by atoms with van der Waals surface area (Å²) in [6.07, 6.45) is 0. The standard InChI is InChI=1S/C13H12BrFN2O2S/c14-10-4-5-13(15)9(6-10)8-17-11-2-1-3-12(7-11)20(16,18)19/h1-7,17H,8H2,(H2,16,18,19). The molecule has 0 atom stereocenters. The Labute approximate surface area is 125 Å². The van der Waals surface area contributed by atoms with Crippen LogP contribution >= 0.6 is 15.9 Å². The fraction of sp³-hybridized carbons (Fsp3) is 0.0769. The minimum absolute atomic E-state index is 0.0113. The third-order valence-electron chi connectivity index (χ3n) is 2.65. The molecule has 0 unspecified atom stereocenters. The van der Waals surface area contributed by atoms with Gasteiger partial charge in [0.15, 0.2) is 0 Å². The molecular weight excluding hydrogens is 347 g/mol. The number of rotatable bonds is 4. The van der Waals surface area contributed by atoms with Gasteiger partial charge in [-0.25, -0.2) is 17.9 Å². The van der Waals surface area contributed by atoms with Crippen LogP contribution in [0.15, 0.2) is 51.8 Å². The molecule has 7 heteroatoms. The number of hydrogen-bond donors (Lipinski definition) is 2. The van der Waals surface area contributed by atoms with E-state index >= 15 is 0 Å². The van der Waals surface area contributed by atoms with Gasteiger partial charge in [0.1, 0.15) is 5.82 Å². The lowest BCUT2D eigenvalue weighted by Crippen LogP contribution is -2.12. The summed E-state index contributed by atoms with van der Waals surface area (Å²) in [4.78, 5) is 0.0113. The second-order valence-electron chi connectivity index (χ2n) is 4.16. The van der Waals surface area contributed by atoms with Crippen LogP contribution in [0.25, 0.3) is 0 Å². The van der Waals surface area contributed by atoms with Crippen LogP contribution in [0.2, 0.25) is 0 Å². The molecule has 20 heavy (non-hydrogen) atoms. The molecule has 0 saturated carbocycles. The number of primary sulfonamides is 1. The monoisotopic (exact) mass is 358 g/mol. The molecule has 0 spiro atoms. The normalized spacial score (nSPS) is 11.3. The Balaban J connectivity index is 2.17. The molecule has 0 radical (unpaired) electrons. The van der Waals surface area contributed by atoms with Crippen molar-refractivity contribution in [1.82, 2.24) is 0 Å². The van der Waals surface area contributed by atoms with Crippen molar-refractivity contribution in [3.05, 3.63) is 58.3 Å². The Morgan fingerprint density at radius 2 is 1.95 bits per heavy atom. The van der Waals surface area contributed by atoms with E-state index in [2.05, 4.69) is 21.2 Å². The summed E-state index contributed by atoms with van der Waals surface area (Å²) in [6, 6.07) is 10.7. The van der Waals surface area contributed by atoms with E-state index in [9.17, 15) is 12.8 Å². The molecule has 0 bridgehead atoms. The van der Waals surface area contributed by atoms with Crippen molar-refractivity contribution in [3.63, 3.8) is 0 Å². The maximum Gasteiger partial charge on any atom is 0.238 e. The van der Waals surface area contributed by atoms with Crippen molar-refractivity contribution in [2.45, 2.75) is 11.4 Å². The number of nitrogens with one attached hydrogen (secondary N) is 1. The molecule has 0 aliphatic heterocycles. The molecule has 2 aromatic carbocycles. The highest BCUT2D eigenvalue weighted by molar-refractivity contribution is 9.10. The maximum atomic E-state index is 13.6. The van der Waals surface area contributed by atoms with E-state index in [4.69, 9.17) is 5.14 Å². The summed E-state index contributed by atoms with van der Waals surface area (Å²) in [5, 5.41) is 8.02. The molecule has 0 aromatic heterocycles. The van der Waals surface area contributed by atoms with Crippen LogP contribution in [0, 0.1) is 5.82 Å². The first-order valence-corrected chi connectivity index (χ1v) is 8.01. The van der Waals surface area contributed by atoms with Crippen molar-refractivity contribution < 1.29 is 12.8 Å². The van der Waals surface area contributed by atoms with Gasteiger partial charge in [-0.3, -0.25) is 0 Å². The minimum Gasteiger partial charge on any atom is -0.381 e. The van der Waals surface area contributed by atoms with E-state index < -0.39 is 10.0 Å². The van der Waals surface area contributed by atoms with Gasteiger partial charge in [0.25, 0.3) is 0 Å². The molecule has 0 heterocycles. The van der Waals surface area contributed by atoms with Crippen molar-refractivity contribution >= 4 is 31.6 Å². The second-order valence-corrected chi connectivity index (χ2v) is 6.64. The number of benzene rings is 2. The Bertz CT molecular complexity index is 735. The third-order valence-corrected chi connectivity index (χ3v) is 4.06. The fourth-order valence-corrected chi connectivity index (χ4v) is 2.63. The molecule has 0 aliphatic carbocycles. The molecule has 2 rings (SSSR count). The van der Waals surface area contributed by atoms with Gasteiger partial charge in [0.2, 0.25) is 10.0 Å². The van der Waals surface area contributed by atoms with Crippen LogP contribution in [0.4, 0.5) is 10.1 Å². The zero-order valence-electron chi connectivity index (χ0n) is 10.3. The highest BCUT2D eigenvalue weighted by atomic mass is 79.9. The molecular formula is C13H12BrFN2O2S. The molecule has 0 aliphatic rings. The first-order valence-electron chi connectivity index (χ1n) is 5.67. The molecule has 0 fully saturated rings. The molecule has 4 nitrogen and oxygen atoms in total. The van der Waals surface area contributed by atoms with E-state index in [1.807, 2.05) is 0 Å². The zero-order valence-corrected chi connectivity index (χ0v) is 12.7. The molecule has 0 saturated heterocycles. The van der Waals surface area contributed by atoms with Crippen LogP contribution in [0.1, 0.15) is 5.56 Å². The quantitative estimate of drug-likeness (QED) is 0.882. The summed E-state index contributed by atoms with van der Waals surface area (Å²) in [7, 11) is -3.74. The lowest BCUT2D eigenvalue weighted by atomic mass is 10.2. The lowest BCUT2D eigenvalue weighted by molar-refractivity contribution is 0.597. The predicted octanol–water partition coefficient (Wildman–Crippen LogP) is 2.85. The molecule has 106 valence electrons.